The van der Waals surface area contributed by atoms with Crippen molar-refractivity contribution in [2.75, 3.05) is 19.5 Å². The summed E-state index contributed by atoms with van der Waals surface area (Å²) in [4.78, 5) is 4.20. The van der Waals surface area contributed by atoms with Gasteiger partial charge in [0.15, 0.2) is 23.1 Å². The minimum atomic E-state index is -0.912. The van der Waals surface area contributed by atoms with Crippen LogP contribution in [0.4, 0.5) is 14.7 Å². The Morgan fingerprint density at radius 1 is 1.00 bits per heavy atom. The first-order valence-corrected chi connectivity index (χ1v) is 8.16. The molecule has 2 heterocycles. The van der Waals surface area contributed by atoms with E-state index >= 15 is 0 Å². The lowest BCUT2D eigenvalue weighted by atomic mass is 10.0. The van der Waals surface area contributed by atoms with Crippen LogP contribution in [0, 0.1) is 11.6 Å². The van der Waals surface area contributed by atoms with Crippen LogP contribution in [0.15, 0.2) is 48.8 Å². The van der Waals surface area contributed by atoms with Crippen molar-refractivity contribution in [1.82, 2.24) is 14.8 Å². The van der Waals surface area contributed by atoms with E-state index in [9.17, 15) is 8.78 Å². The van der Waals surface area contributed by atoms with E-state index in [2.05, 4.69) is 15.4 Å². The van der Waals surface area contributed by atoms with Crippen molar-refractivity contribution in [1.29, 1.82) is 0 Å². The fraction of sp³-hybridized carbons (Fsp3) is 0.158. The third kappa shape index (κ3) is 2.99. The number of fused-ring (bicyclic) bond motifs is 1. The Bertz CT molecular complexity index is 1030. The molecule has 1 aliphatic rings. The molecule has 0 saturated heterocycles. The van der Waals surface area contributed by atoms with Crippen LogP contribution < -0.4 is 14.8 Å². The molecule has 0 amide bonds. The van der Waals surface area contributed by atoms with Gasteiger partial charge in [0.05, 0.1) is 14.2 Å². The molecule has 0 bridgehead atoms. The van der Waals surface area contributed by atoms with Gasteiger partial charge in [-0.25, -0.2) is 13.5 Å². The molecule has 1 aliphatic heterocycles. The number of aromatic nitrogens is 3. The zero-order chi connectivity index (χ0) is 19.0. The number of methoxy groups -OCH3 is 2. The van der Waals surface area contributed by atoms with E-state index in [1.165, 1.54) is 12.4 Å². The summed E-state index contributed by atoms with van der Waals surface area (Å²) in [6, 6.07) is 8.98. The molecule has 0 saturated carbocycles. The highest BCUT2D eigenvalue weighted by Gasteiger charge is 2.24. The lowest BCUT2D eigenvalue weighted by Crippen LogP contribution is -2.20. The van der Waals surface area contributed by atoms with Crippen molar-refractivity contribution >= 4 is 11.6 Å². The molecule has 4 rings (SSSR count). The van der Waals surface area contributed by atoms with Gasteiger partial charge in [-0.2, -0.15) is 10.1 Å². The highest BCUT2D eigenvalue weighted by Crippen LogP contribution is 2.36. The number of halogens is 2. The average molecular weight is 370 g/mol. The largest absolute Gasteiger partial charge is 0.493 e. The van der Waals surface area contributed by atoms with Crippen molar-refractivity contribution in [3.63, 3.8) is 0 Å². The lowest BCUT2D eigenvalue weighted by molar-refractivity contribution is 0.354. The Morgan fingerprint density at radius 3 is 2.56 bits per heavy atom. The number of allylic oxidation sites excluding steroid dienone is 1. The van der Waals surface area contributed by atoms with Crippen molar-refractivity contribution in [2.45, 2.75) is 6.04 Å². The summed E-state index contributed by atoms with van der Waals surface area (Å²) < 4.78 is 39.3. The summed E-state index contributed by atoms with van der Waals surface area (Å²) >= 11 is 0. The second-order valence-electron chi connectivity index (χ2n) is 5.92. The molecule has 1 atom stereocenters. The van der Waals surface area contributed by atoms with Crippen LogP contribution in [0.2, 0.25) is 0 Å². The van der Waals surface area contributed by atoms with Gasteiger partial charge in [-0.15, -0.1) is 0 Å². The first-order valence-electron chi connectivity index (χ1n) is 8.16. The van der Waals surface area contributed by atoms with E-state index in [1.54, 1.807) is 25.0 Å². The fourth-order valence-corrected chi connectivity index (χ4v) is 3.04. The number of hydrogen-bond donors (Lipinski definition) is 1. The Labute approximate surface area is 154 Å². The molecule has 1 N–H and O–H groups in total. The minimum Gasteiger partial charge on any atom is -0.493 e. The Kier molecular flexibility index (Phi) is 4.23. The first-order chi connectivity index (χ1) is 13.1. The van der Waals surface area contributed by atoms with Crippen LogP contribution in [0.1, 0.15) is 17.2 Å². The topological polar surface area (TPSA) is 61.2 Å². The van der Waals surface area contributed by atoms with Gasteiger partial charge in [-0.3, -0.25) is 0 Å². The second kappa shape index (κ2) is 6.71. The summed E-state index contributed by atoms with van der Waals surface area (Å²) in [5.41, 5.74) is 1.99. The smallest absolute Gasteiger partial charge is 0.226 e. The molecule has 27 heavy (non-hydrogen) atoms. The second-order valence-corrected chi connectivity index (χ2v) is 5.92. The van der Waals surface area contributed by atoms with Gasteiger partial charge in [-0.05, 0) is 42.0 Å². The minimum absolute atomic E-state index is 0.313. The number of nitrogens with zero attached hydrogens (tertiary/aromatic N) is 3. The maximum absolute atomic E-state index is 13.7. The molecular formula is C19H16F2N4O2. The summed E-state index contributed by atoms with van der Waals surface area (Å²) in [5.74, 6) is -0.117. The van der Waals surface area contributed by atoms with Crippen molar-refractivity contribution in [2.24, 2.45) is 0 Å². The van der Waals surface area contributed by atoms with E-state index in [4.69, 9.17) is 9.47 Å². The van der Waals surface area contributed by atoms with Gasteiger partial charge < -0.3 is 14.8 Å². The maximum Gasteiger partial charge on any atom is 0.226 e. The first kappa shape index (κ1) is 17.0. The molecule has 8 heteroatoms. The third-order valence-electron chi connectivity index (χ3n) is 4.39. The number of hydrogen-bond acceptors (Lipinski definition) is 5. The molecule has 1 aromatic heterocycles. The predicted octanol–water partition coefficient (Wildman–Crippen LogP) is 3.63. The van der Waals surface area contributed by atoms with Crippen molar-refractivity contribution < 1.29 is 18.3 Å². The van der Waals surface area contributed by atoms with Crippen LogP contribution in [-0.2, 0) is 0 Å². The highest BCUT2D eigenvalue weighted by atomic mass is 19.2. The average Bonchev–Trinajstić information content (AvgIpc) is 3.17. The van der Waals surface area contributed by atoms with Crippen LogP contribution in [0.25, 0.3) is 5.70 Å². The summed E-state index contributed by atoms with van der Waals surface area (Å²) in [7, 11) is 3.13. The van der Waals surface area contributed by atoms with Gasteiger partial charge in [0.2, 0.25) is 5.95 Å². The molecule has 2 aromatic carbocycles. The zero-order valence-electron chi connectivity index (χ0n) is 14.6. The molecule has 0 aliphatic carbocycles. The Morgan fingerprint density at radius 2 is 1.81 bits per heavy atom. The predicted molar refractivity (Wildman–Crippen MR) is 95.7 cm³/mol. The third-order valence-corrected chi connectivity index (χ3v) is 4.39. The van der Waals surface area contributed by atoms with Gasteiger partial charge in [0, 0.05) is 11.3 Å². The summed E-state index contributed by atoms with van der Waals surface area (Å²) in [5, 5.41) is 7.36. The van der Waals surface area contributed by atoms with Gasteiger partial charge in [0.25, 0.3) is 0 Å². The molecule has 0 radical (unpaired) electrons. The van der Waals surface area contributed by atoms with Crippen LogP contribution in [0.5, 0.6) is 11.5 Å². The standard InChI is InChI=1S/C19H16F2N4O2/c1-26-17-6-4-12(8-18(17)27-2)16-9-15(24-19-22-10-23-25(16)19)11-3-5-13(20)14(21)7-11/h3-10,16H,1-2H3,(H,22,23,24)/t16-/m1/s1. The van der Waals surface area contributed by atoms with Gasteiger partial charge >= 0.3 is 0 Å². The number of anilines is 1. The SMILES string of the molecule is COc1ccc([C@H]2C=C(c3ccc(F)c(F)c3)Nc3ncnn32)cc1OC. The highest BCUT2D eigenvalue weighted by molar-refractivity contribution is 5.77. The van der Waals surface area contributed by atoms with Crippen LogP contribution >= 0.6 is 0 Å². The van der Waals surface area contributed by atoms with Gasteiger partial charge in [-0.1, -0.05) is 6.07 Å². The number of ether oxygens (including phenoxy) is 2. The number of rotatable bonds is 4. The Balaban J connectivity index is 1.81. The van der Waals surface area contributed by atoms with E-state index in [0.717, 1.165) is 17.7 Å². The zero-order valence-corrected chi connectivity index (χ0v) is 14.6. The van der Waals surface area contributed by atoms with Gasteiger partial charge in [0.1, 0.15) is 12.4 Å². The number of benzene rings is 2. The molecule has 6 nitrogen and oxygen atoms in total. The van der Waals surface area contributed by atoms with E-state index < -0.39 is 11.6 Å². The molecular weight excluding hydrogens is 354 g/mol. The molecule has 0 unspecified atom stereocenters. The monoisotopic (exact) mass is 370 g/mol. The van der Waals surface area contributed by atoms with Crippen molar-refractivity contribution in [3.05, 3.63) is 71.6 Å². The normalized spacial score (nSPS) is 15.6. The summed E-state index contributed by atoms with van der Waals surface area (Å²) in [6.45, 7) is 0. The van der Waals surface area contributed by atoms with E-state index in [0.29, 0.717) is 28.7 Å². The molecule has 0 spiro atoms. The Hall–Kier alpha value is -3.42. The molecule has 0 fully saturated rings. The van der Waals surface area contributed by atoms with E-state index in [-0.39, 0.29) is 6.04 Å². The van der Waals surface area contributed by atoms with Crippen molar-refractivity contribution in [3.8, 4) is 11.5 Å². The van der Waals surface area contributed by atoms with Crippen LogP contribution in [0.3, 0.4) is 0 Å². The lowest BCUT2D eigenvalue weighted by Gasteiger charge is -2.25. The van der Waals surface area contributed by atoms with Crippen LogP contribution in [-0.4, -0.2) is 29.0 Å². The fourth-order valence-electron chi connectivity index (χ4n) is 3.04. The quantitative estimate of drug-likeness (QED) is 0.760. The maximum atomic E-state index is 13.7. The molecule has 3 aromatic rings. The van der Waals surface area contributed by atoms with E-state index in [1.807, 2.05) is 18.2 Å². The summed E-state index contributed by atoms with van der Waals surface area (Å²) in [6.07, 6.45) is 3.30. The number of nitrogens with one attached hydrogen (secondary N) is 1. The molecule has 138 valence electrons.